The monoisotopic (exact) mass is 291 g/mol. The topological polar surface area (TPSA) is 78.6 Å². The van der Waals surface area contributed by atoms with Gasteiger partial charge in [0.2, 0.25) is 10.0 Å². The Morgan fingerprint density at radius 2 is 1.95 bits per heavy atom. The Hall–Kier alpha value is -0.170. The third-order valence-electron chi connectivity index (χ3n) is 4.16. The predicted octanol–water partition coefficient (Wildman–Crippen LogP) is 1.42. The van der Waals surface area contributed by atoms with Gasteiger partial charge in [-0.1, -0.05) is 12.8 Å². The molecule has 0 aromatic carbocycles. The first kappa shape index (κ1) is 15.2. The Labute approximate surface area is 115 Å². The summed E-state index contributed by atoms with van der Waals surface area (Å²) in [5, 5.41) is 5.21. The molecule has 2 rings (SSSR count). The molecule has 5 nitrogen and oxygen atoms in total. The largest absolute Gasteiger partial charge is 0.378 e. The molecule has 0 aromatic heterocycles. The van der Waals surface area contributed by atoms with Crippen LogP contribution in [0.3, 0.4) is 0 Å². The van der Waals surface area contributed by atoms with Crippen molar-refractivity contribution in [1.29, 1.82) is 0 Å². The molecule has 2 fully saturated rings. The van der Waals surface area contributed by atoms with Gasteiger partial charge in [0.05, 0.1) is 25.1 Å². The molecule has 0 spiro atoms. The zero-order chi connectivity index (χ0) is 13.8. The minimum absolute atomic E-state index is 0.0471. The van der Waals surface area contributed by atoms with Crippen LogP contribution in [0.15, 0.2) is 0 Å². The molecule has 0 bridgehead atoms. The van der Waals surface area contributed by atoms with Crippen molar-refractivity contribution in [3.8, 4) is 0 Å². The molecular weight excluding hydrogens is 266 g/mol. The van der Waals surface area contributed by atoms with Crippen molar-refractivity contribution >= 4 is 10.0 Å². The highest BCUT2D eigenvalue weighted by atomic mass is 32.2. The maximum absolute atomic E-state index is 11.4. The highest BCUT2D eigenvalue weighted by Crippen LogP contribution is 2.39. The van der Waals surface area contributed by atoms with Crippen LogP contribution in [0.2, 0.25) is 0 Å². The Balaban J connectivity index is 1.80. The van der Waals surface area contributed by atoms with E-state index in [1.165, 1.54) is 6.42 Å². The van der Waals surface area contributed by atoms with Crippen molar-refractivity contribution in [2.45, 2.75) is 51.0 Å². The van der Waals surface area contributed by atoms with E-state index in [4.69, 9.17) is 14.6 Å². The molecule has 0 aromatic rings. The number of hydrogen-bond acceptors (Lipinski definition) is 4. The van der Waals surface area contributed by atoms with Gasteiger partial charge in [0.1, 0.15) is 0 Å². The third-order valence-corrected chi connectivity index (χ3v) is 5.17. The van der Waals surface area contributed by atoms with Crippen molar-refractivity contribution in [3.05, 3.63) is 0 Å². The molecule has 0 amide bonds. The Morgan fingerprint density at radius 1 is 1.21 bits per heavy atom. The lowest BCUT2D eigenvalue weighted by Crippen LogP contribution is -2.36. The third kappa shape index (κ3) is 5.02. The van der Waals surface area contributed by atoms with Crippen LogP contribution < -0.4 is 5.14 Å². The van der Waals surface area contributed by atoms with E-state index in [-0.39, 0.29) is 17.3 Å². The van der Waals surface area contributed by atoms with Crippen LogP contribution in [0, 0.1) is 5.41 Å². The molecule has 112 valence electrons. The molecule has 0 radical (unpaired) electrons. The Bertz CT molecular complexity index is 370. The predicted molar refractivity (Wildman–Crippen MR) is 73.3 cm³/mol. The standard InChI is InChI=1S/C13H25NO4S/c14-19(15,16)11-13(6-2-3-7-13)10-17-9-12-5-1-4-8-18-12/h12H,1-11H2,(H2,14,15,16). The highest BCUT2D eigenvalue weighted by molar-refractivity contribution is 7.89. The summed E-state index contributed by atoms with van der Waals surface area (Å²) in [6.45, 7) is 1.88. The lowest BCUT2D eigenvalue weighted by atomic mass is 9.90. The van der Waals surface area contributed by atoms with Crippen LogP contribution in [0.1, 0.15) is 44.9 Å². The fourth-order valence-electron chi connectivity index (χ4n) is 3.23. The molecule has 6 heteroatoms. The molecule has 2 aliphatic rings. The summed E-state index contributed by atoms with van der Waals surface area (Å²) in [6.07, 6.45) is 7.48. The van der Waals surface area contributed by atoms with Crippen molar-refractivity contribution in [1.82, 2.24) is 0 Å². The van der Waals surface area contributed by atoms with Gasteiger partial charge in [-0.15, -0.1) is 0 Å². The average molecular weight is 291 g/mol. The first-order valence-corrected chi connectivity index (χ1v) is 8.91. The van der Waals surface area contributed by atoms with Crippen LogP contribution in [-0.4, -0.2) is 40.1 Å². The summed E-state index contributed by atoms with van der Waals surface area (Å²) in [4.78, 5) is 0. The maximum atomic E-state index is 11.4. The average Bonchev–Trinajstić information content (AvgIpc) is 2.77. The number of nitrogens with two attached hydrogens (primary N) is 1. The van der Waals surface area contributed by atoms with Gasteiger partial charge in [-0.3, -0.25) is 0 Å². The summed E-state index contributed by atoms with van der Waals surface area (Å²) >= 11 is 0. The molecule has 1 saturated heterocycles. The van der Waals surface area contributed by atoms with Gasteiger partial charge in [-0.2, -0.15) is 0 Å². The van der Waals surface area contributed by atoms with Crippen LogP contribution in [0.25, 0.3) is 0 Å². The number of primary sulfonamides is 1. The van der Waals surface area contributed by atoms with Crippen LogP contribution in [0.5, 0.6) is 0 Å². The van der Waals surface area contributed by atoms with Crippen molar-refractivity contribution in [3.63, 3.8) is 0 Å². The van der Waals surface area contributed by atoms with E-state index in [1.807, 2.05) is 0 Å². The maximum Gasteiger partial charge on any atom is 0.209 e. The molecule has 1 aliphatic carbocycles. The van der Waals surface area contributed by atoms with Crippen molar-refractivity contribution in [2.24, 2.45) is 10.6 Å². The molecule has 1 saturated carbocycles. The van der Waals surface area contributed by atoms with Gasteiger partial charge < -0.3 is 9.47 Å². The van der Waals surface area contributed by atoms with Crippen molar-refractivity contribution in [2.75, 3.05) is 25.6 Å². The number of ether oxygens (including phenoxy) is 2. The Morgan fingerprint density at radius 3 is 2.53 bits per heavy atom. The summed E-state index contributed by atoms with van der Waals surface area (Å²) in [6, 6.07) is 0. The zero-order valence-corrected chi connectivity index (χ0v) is 12.3. The quantitative estimate of drug-likeness (QED) is 0.802. The van der Waals surface area contributed by atoms with E-state index in [1.54, 1.807) is 0 Å². The van der Waals surface area contributed by atoms with Crippen LogP contribution in [-0.2, 0) is 19.5 Å². The highest BCUT2D eigenvalue weighted by Gasteiger charge is 2.37. The fraction of sp³-hybridized carbons (Fsp3) is 1.00. The smallest absolute Gasteiger partial charge is 0.209 e. The van der Waals surface area contributed by atoms with Gasteiger partial charge >= 0.3 is 0 Å². The Kier molecular flexibility index (Phi) is 5.22. The van der Waals surface area contributed by atoms with Gasteiger partial charge in [0.25, 0.3) is 0 Å². The van der Waals surface area contributed by atoms with E-state index in [2.05, 4.69) is 0 Å². The van der Waals surface area contributed by atoms with Gasteiger partial charge in [0.15, 0.2) is 0 Å². The van der Waals surface area contributed by atoms with E-state index in [0.29, 0.717) is 13.2 Å². The second-order valence-corrected chi connectivity index (χ2v) is 7.63. The van der Waals surface area contributed by atoms with E-state index >= 15 is 0 Å². The normalized spacial score (nSPS) is 27.5. The summed E-state index contributed by atoms with van der Waals surface area (Å²) in [5.41, 5.74) is -0.262. The van der Waals surface area contributed by atoms with Gasteiger partial charge in [-0.25, -0.2) is 13.6 Å². The minimum atomic E-state index is -3.43. The van der Waals surface area contributed by atoms with Crippen LogP contribution in [0.4, 0.5) is 0 Å². The second-order valence-electron chi connectivity index (χ2n) is 6.02. The lowest BCUT2D eigenvalue weighted by molar-refractivity contribution is -0.0556. The summed E-state index contributed by atoms with van der Waals surface area (Å²) < 4.78 is 34.1. The van der Waals surface area contributed by atoms with Crippen molar-refractivity contribution < 1.29 is 17.9 Å². The fourth-order valence-corrected chi connectivity index (χ4v) is 4.45. The summed E-state index contributed by atoms with van der Waals surface area (Å²) in [7, 11) is -3.43. The molecule has 1 aliphatic heterocycles. The molecule has 1 unspecified atom stereocenters. The number of sulfonamides is 1. The molecular formula is C13H25NO4S. The molecule has 2 N–H and O–H groups in total. The minimum Gasteiger partial charge on any atom is -0.378 e. The molecule has 1 atom stereocenters. The summed E-state index contributed by atoms with van der Waals surface area (Å²) in [5.74, 6) is 0.0471. The first-order valence-electron chi connectivity index (χ1n) is 7.19. The SMILES string of the molecule is NS(=O)(=O)CC1(COCC2CCCCO2)CCCC1. The van der Waals surface area contributed by atoms with E-state index in [9.17, 15) is 8.42 Å². The van der Waals surface area contributed by atoms with Crippen LogP contribution >= 0.6 is 0 Å². The number of hydrogen-bond donors (Lipinski definition) is 1. The number of rotatable bonds is 6. The second kappa shape index (κ2) is 6.52. The van der Waals surface area contributed by atoms with E-state index < -0.39 is 10.0 Å². The molecule has 19 heavy (non-hydrogen) atoms. The van der Waals surface area contributed by atoms with E-state index in [0.717, 1.165) is 45.1 Å². The van der Waals surface area contributed by atoms with Gasteiger partial charge in [0, 0.05) is 12.0 Å². The first-order chi connectivity index (χ1) is 8.99. The van der Waals surface area contributed by atoms with Gasteiger partial charge in [-0.05, 0) is 32.1 Å². The zero-order valence-electron chi connectivity index (χ0n) is 11.5. The lowest BCUT2D eigenvalue weighted by Gasteiger charge is -2.29. The molecule has 1 heterocycles.